The first kappa shape index (κ1) is 15.7. The summed E-state index contributed by atoms with van der Waals surface area (Å²) in [5.41, 5.74) is -0.203. The average Bonchev–Trinajstić information content (AvgIpc) is 2.44. The lowest BCUT2D eigenvalue weighted by Gasteiger charge is -2.11. The Morgan fingerprint density at radius 2 is 1.81 bits per heavy atom. The highest BCUT2D eigenvalue weighted by Crippen LogP contribution is 2.31. The Labute approximate surface area is 134 Å². The van der Waals surface area contributed by atoms with Gasteiger partial charge in [0.25, 0.3) is 5.56 Å². The van der Waals surface area contributed by atoms with Crippen LogP contribution in [0, 0.1) is 0 Å². The predicted molar refractivity (Wildman–Crippen MR) is 79.4 cm³/mol. The van der Waals surface area contributed by atoms with Gasteiger partial charge in [0.2, 0.25) is 0 Å². The molecule has 1 aromatic heterocycles. The molecule has 21 heavy (non-hydrogen) atoms. The van der Waals surface area contributed by atoms with Crippen molar-refractivity contribution in [3.05, 3.63) is 67.0 Å². The van der Waals surface area contributed by atoms with Crippen LogP contribution in [0.3, 0.4) is 0 Å². The second-order valence-electron chi connectivity index (χ2n) is 3.98. The zero-order valence-corrected chi connectivity index (χ0v) is 12.6. The molecule has 0 amide bonds. The molecule has 0 atom stereocenters. The van der Waals surface area contributed by atoms with Crippen molar-refractivity contribution < 1.29 is 14.7 Å². The van der Waals surface area contributed by atoms with Crippen molar-refractivity contribution >= 4 is 40.8 Å². The molecule has 0 aliphatic rings. The second kappa shape index (κ2) is 6.39. The van der Waals surface area contributed by atoms with Gasteiger partial charge in [0.15, 0.2) is 0 Å². The molecule has 0 saturated heterocycles. The lowest BCUT2D eigenvalue weighted by atomic mass is 10.2. The van der Waals surface area contributed by atoms with Crippen molar-refractivity contribution in [1.29, 1.82) is 0 Å². The van der Waals surface area contributed by atoms with Gasteiger partial charge in [0.1, 0.15) is 6.61 Å². The number of hydrogen-bond acceptors (Lipinski definition) is 3. The predicted octanol–water partition coefficient (Wildman–Crippen LogP) is 3.14. The number of halogens is 3. The minimum absolute atomic E-state index is 0.0853. The number of rotatable bonds is 4. The van der Waals surface area contributed by atoms with Crippen molar-refractivity contribution in [2.24, 2.45) is 0 Å². The van der Waals surface area contributed by atoms with Crippen LogP contribution < -0.4 is 10.4 Å². The first-order chi connectivity index (χ1) is 9.90. The minimum atomic E-state index is -1.17. The van der Waals surface area contributed by atoms with Crippen LogP contribution in [0.15, 0.2) is 35.3 Å². The molecule has 0 spiro atoms. The largest absolute Gasteiger partial charge is 0.478 e. The van der Waals surface area contributed by atoms with E-state index in [2.05, 4.69) is 0 Å². The maximum Gasteiger partial charge on any atom is 0.337 e. The number of carboxylic acid groups (broad SMARTS) is 1. The highest BCUT2D eigenvalue weighted by Gasteiger charge is 2.12. The monoisotopic (exact) mass is 347 g/mol. The third kappa shape index (κ3) is 3.50. The summed E-state index contributed by atoms with van der Waals surface area (Å²) in [6, 6.07) is 5.35. The van der Waals surface area contributed by atoms with E-state index in [0.717, 1.165) is 17.0 Å². The van der Waals surface area contributed by atoms with Crippen molar-refractivity contribution in [3.63, 3.8) is 0 Å². The van der Waals surface area contributed by atoms with Gasteiger partial charge in [0.05, 0.1) is 21.8 Å². The Morgan fingerprint density at radius 1 is 1.14 bits per heavy atom. The highest BCUT2D eigenvalue weighted by molar-refractivity contribution is 6.44. The number of aromatic nitrogens is 1. The maximum absolute atomic E-state index is 11.6. The fourth-order valence-electron chi connectivity index (χ4n) is 1.53. The van der Waals surface area contributed by atoms with Crippen LogP contribution in [0.4, 0.5) is 0 Å². The van der Waals surface area contributed by atoms with E-state index in [0.29, 0.717) is 15.6 Å². The Morgan fingerprint density at radius 3 is 2.48 bits per heavy atom. The number of carbonyl (C=O) groups is 1. The van der Waals surface area contributed by atoms with Crippen LogP contribution in [0.25, 0.3) is 0 Å². The fourth-order valence-corrected chi connectivity index (χ4v) is 2.19. The molecule has 0 fully saturated rings. The molecule has 110 valence electrons. The first-order valence-corrected chi connectivity index (χ1v) is 6.75. The minimum Gasteiger partial charge on any atom is -0.478 e. The summed E-state index contributed by atoms with van der Waals surface area (Å²) in [7, 11) is 0. The molecule has 0 unspecified atom stereocenters. The van der Waals surface area contributed by atoms with Crippen molar-refractivity contribution in [2.75, 3.05) is 0 Å². The van der Waals surface area contributed by atoms with Crippen LogP contribution in [0.5, 0.6) is 0 Å². The summed E-state index contributed by atoms with van der Waals surface area (Å²) < 4.78 is 0.803. The molecular formula is C13H8Cl3NO4. The molecular weight excluding hydrogens is 341 g/mol. The first-order valence-electron chi connectivity index (χ1n) is 5.62. The lowest BCUT2D eigenvalue weighted by Crippen LogP contribution is -2.26. The van der Waals surface area contributed by atoms with E-state index in [-0.39, 0.29) is 17.2 Å². The van der Waals surface area contributed by atoms with E-state index in [1.807, 2.05) is 0 Å². The molecule has 0 aliphatic carbocycles. The molecule has 1 N–H and O–H groups in total. The fraction of sp³-hybridized carbons (Fsp3) is 0.0769. The molecule has 0 bridgehead atoms. The molecule has 0 radical (unpaired) electrons. The number of pyridine rings is 1. The Kier molecular flexibility index (Phi) is 4.77. The maximum atomic E-state index is 11.6. The molecule has 8 heteroatoms. The number of carboxylic acids is 1. The van der Waals surface area contributed by atoms with E-state index < -0.39 is 11.5 Å². The Hall–Kier alpha value is -1.69. The molecule has 5 nitrogen and oxygen atoms in total. The molecule has 2 aromatic rings. The standard InChI is InChI=1S/C13H8Cl3NO4/c14-9-2-3-10(15)12(16)8(9)6-21-17-5-7(13(19)20)1-4-11(17)18/h1-5H,6H2,(H,19,20). The smallest absolute Gasteiger partial charge is 0.337 e. The van der Waals surface area contributed by atoms with Gasteiger partial charge in [-0.1, -0.05) is 34.8 Å². The van der Waals surface area contributed by atoms with E-state index >= 15 is 0 Å². The van der Waals surface area contributed by atoms with Crippen LogP contribution >= 0.6 is 34.8 Å². The number of benzene rings is 1. The molecule has 0 saturated carbocycles. The number of nitrogens with zero attached hydrogens (tertiary/aromatic N) is 1. The van der Waals surface area contributed by atoms with E-state index in [1.165, 1.54) is 12.1 Å². The summed E-state index contributed by atoms with van der Waals surface area (Å²) in [6.07, 6.45) is 1.07. The van der Waals surface area contributed by atoms with Gasteiger partial charge in [-0.05, 0) is 18.2 Å². The van der Waals surface area contributed by atoms with Crippen LogP contribution in [-0.4, -0.2) is 15.8 Å². The van der Waals surface area contributed by atoms with Gasteiger partial charge >= 0.3 is 5.97 Å². The van der Waals surface area contributed by atoms with Crippen molar-refractivity contribution in [3.8, 4) is 0 Å². The van der Waals surface area contributed by atoms with Gasteiger partial charge in [-0.2, -0.15) is 4.73 Å². The summed E-state index contributed by atoms with van der Waals surface area (Å²) in [4.78, 5) is 27.7. The number of aromatic carboxylic acids is 1. The van der Waals surface area contributed by atoms with Crippen LogP contribution in [0.2, 0.25) is 15.1 Å². The van der Waals surface area contributed by atoms with Gasteiger partial charge in [-0.25, -0.2) is 4.79 Å². The molecule has 1 aromatic carbocycles. The quantitative estimate of drug-likeness (QED) is 0.862. The van der Waals surface area contributed by atoms with Crippen LogP contribution in [-0.2, 0) is 6.61 Å². The third-order valence-corrected chi connectivity index (χ3v) is 3.81. The van der Waals surface area contributed by atoms with Crippen LogP contribution in [0.1, 0.15) is 15.9 Å². The van der Waals surface area contributed by atoms with Gasteiger partial charge in [-0.3, -0.25) is 4.79 Å². The van der Waals surface area contributed by atoms with E-state index in [1.54, 1.807) is 6.07 Å². The molecule has 2 rings (SSSR count). The normalized spacial score (nSPS) is 10.4. The second-order valence-corrected chi connectivity index (χ2v) is 5.17. The SMILES string of the molecule is O=C(O)c1ccc(=O)n(OCc2c(Cl)ccc(Cl)c2Cl)c1. The summed E-state index contributed by atoms with van der Waals surface area (Å²) in [5, 5.41) is 9.72. The number of hydrogen-bond donors (Lipinski definition) is 1. The Balaban J connectivity index is 2.29. The zero-order chi connectivity index (χ0) is 15.6. The Bertz CT molecular complexity index is 758. The average molecular weight is 349 g/mol. The van der Waals surface area contributed by atoms with E-state index in [9.17, 15) is 9.59 Å². The summed E-state index contributed by atoms with van der Waals surface area (Å²) in [6.45, 7) is -0.138. The summed E-state index contributed by atoms with van der Waals surface area (Å²) in [5.74, 6) is -1.17. The van der Waals surface area contributed by atoms with Crippen molar-refractivity contribution in [1.82, 2.24) is 4.73 Å². The molecule has 0 aliphatic heterocycles. The lowest BCUT2D eigenvalue weighted by molar-refractivity contribution is 0.0674. The summed E-state index contributed by atoms with van der Waals surface area (Å²) >= 11 is 17.9. The van der Waals surface area contributed by atoms with Gasteiger partial charge < -0.3 is 9.94 Å². The zero-order valence-electron chi connectivity index (χ0n) is 10.3. The van der Waals surface area contributed by atoms with Gasteiger partial charge in [-0.15, -0.1) is 0 Å². The topological polar surface area (TPSA) is 68.5 Å². The van der Waals surface area contributed by atoms with E-state index in [4.69, 9.17) is 44.7 Å². The van der Waals surface area contributed by atoms with Crippen molar-refractivity contribution in [2.45, 2.75) is 6.61 Å². The third-order valence-electron chi connectivity index (χ3n) is 2.61. The highest BCUT2D eigenvalue weighted by atomic mass is 35.5. The molecule has 1 heterocycles. The van der Waals surface area contributed by atoms with Gasteiger partial charge in [0, 0.05) is 16.7 Å².